The van der Waals surface area contributed by atoms with Gasteiger partial charge in [0.25, 0.3) is 0 Å². The number of carbonyl (C=O) groups excluding carboxylic acids is 2. The maximum absolute atomic E-state index is 11.2. The molecule has 1 N–H and O–H groups in total. The molecule has 1 amide bonds. The molecule has 0 saturated heterocycles. The molecule has 94 valence electrons. The average molecular weight is 229 g/mol. The molecule has 0 aliphatic rings. The third-order valence-corrected chi connectivity index (χ3v) is 1.29. The highest BCUT2D eigenvalue weighted by molar-refractivity contribution is 5.73. The highest BCUT2D eigenvalue weighted by atomic mass is 16.6. The Morgan fingerprint density at radius 3 is 2.25 bits per heavy atom. The van der Waals surface area contributed by atoms with E-state index in [9.17, 15) is 9.59 Å². The van der Waals surface area contributed by atoms with Gasteiger partial charge in [0.15, 0.2) is 0 Å². The number of hydrogen-bond donors (Lipinski definition) is 1. The van der Waals surface area contributed by atoms with E-state index in [1.165, 1.54) is 0 Å². The predicted molar refractivity (Wildman–Crippen MR) is 65.4 cm³/mol. The topological polar surface area (TPSA) is 55.4 Å². The molecule has 4 nitrogen and oxygen atoms in total. The van der Waals surface area contributed by atoms with Gasteiger partial charge in [0.1, 0.15) is 11.9 Å². The van der Waals surface area contributed by atoms with Gasteiger partial charge in [-0.15, -0.1) is 6.58 Å². The zero-order chi connectivity index (χ0) is 13.2. The van der Waals surface area contributed by atoms with Crippen LogP contribution in [0.2, 0.25) is 0 Å². The Kier molecular flexibility index (Phi) is 9.55. The molecule has 0 fully saturated rings. The largest absolute Gasteiger partial charge is 0.444 e. The van der Waals surface area contributed by atoms with Crippen LogP contribution in [-0.2, 0) is 9.53 Å². The van der Waals surface area contributed by atoms with Crippen LogP contribution in [-0.4, -0.2) is 24.0 Å². The van der Waals surface area contributed by atoms with Gasteiger partial charge >= 0.3 is 6.09 Å². The summed E-state index contributed by atoms with van der Waals surface area (Å²) >= 11 is 0. The van der Waals surface area contributed by atoms with Crippen molar-refractivity contribution in [2.75, 3.05) is 0 Å². The number of carbonyl (C=O) groups is 2. The molecule has 0 radical (unpaired) electrons. The van der Waals surface area contributed by atoms with E-state index in [1.807, 2.05) is 13.8 Å². The van der Waals surface area contributed by atoms with Gasteiger partial charge in [0.05, 0.1) is 6.04 Å². The summed E-state index contributed by atoms with van der Waals surface area (Å²) in [5.41, 5.74) is -0.550. The van der Waals surface area contributed by atoms with E-state index < -0.39 is 17.7 Å². The van der Waals surface area contributed by atoms with E-state index in [-0.39, 0.29) is 0 Å². The van der Waals surface area contributed by atoms with Crippen molar-refractivity contribution in [3.05, 3.63) is 12.7 Å². The third kappa shape index (κ3) is 10.8. The molecule has 1 atom stereocenters. The Morgan fingerprint density at radius 1 is 1.44 bits per heavy atom. The molecule has 0 bridgehead atoms. The van der Waals surface area contributed by atoms with Crippen molar-refractivity contribution in [2.45, 2.75) is 52.7 Å². The number of alkyl carbamates (subject to hydrolysis) is 1. The molecular formula is C12H23NO3. The van der Waals surface area contributed by atoms with Crippen LogP contribution in [0, 0.1) is 0 Å². The monoisotopic (exact) mass is 229 g/mol. The second-order valence-electron chi connectivity index (χ2n) is 3.91. The van der Waals surface area contributed by atoms with E-state index >= 15 is 0 Å². The van der Waals surface area contributed by atoms with Crippen molar-refractivity contribution < 1.29 is 14.3 Å². The molecule has 0 aromatic rings. The Morgan fingerprint density at radius 2 is 1.94 bits per heavy atom. The summed E-state index contributed by atoms with van der Waals surface area (Å²) in [5.74, 6) is 0. The molecule has 0 aliphatic heterocycles. The molecule has 0 saturated carbocycles. The second-order valence-corrected chi connectivity index (χ2v) is 3.91. The molecule has 16 heavy (non-hydrogen) atoms. The standard InChI is InChI=1S/C10H17NO3.C2H6/c1-5-6-8(7-12)11-9(13)14-10(2,3)4;1-2/h5,7-8H,1,6H2,2-4H3,(H,11,13);1-2H3. The zero-order valence-electron chi connectivity index (χ0n) is 10.9. The summed E-state index contributed by atoms with van der Waals surface area (Å²) in [5, 5.41) is 2.42. The number of rotatable bonds is 4. The van der Waals surface area contributed by atoms with Gasteiger partial charge in [0.2, 0.25) is 0 Å². The van der Waals surface area contributed by atoms with Crippen LogP contribution >= 0.6 is 0 Å². The minimum Gasteiger partial charge on any atom is -0.444 e. The molecular weight excluding hydrogens is 206 g/mol. The Bertz CT molecular complexity index is 219. The van der Waals surface area contributed by atoms with Gasteiger partial charge in [0, 0.05) is 0 Å². The van der Waals surface area contributed by atoms with Crippen molar-refractivity contribution in [2.24, 2.45) is 0 Å². The first-order chi connectivity index (χ1) is 7.39. The second kappa shape index (κ2) is 8.95. The summed E-state index contributed by atoms with van der Waals surface area (Å²) in [6, 6.07) is -0.553. The van der Waals surface area contributed by atoms with Gasteiger partial charge in [-0.1, -0.05) is 19.9 Å². The van der Waals surface area contributed by atoms with Crippen LogP contribution in [0.4, 0.5) is 4.79 Å². The van der Waals surface area contributed by atoms with Crippen LogP contribution in [0.5, 0.6) is 0 Å². The fourth-order valence-electron chi connectivity index (χ4n) is 0.787. The number of nitrogens with one attached hydrogen (secondary N) is 1. The fraction of sp³-hybridized carbons (Fsp3) is 0.667. The van der Waals surface area contributed by atoms with E-state index in [2.05, 4.69) is 11.9 Å². The minimum absolute atomic E-state index is 0.405. The Labute approximate surface area is 98.1 Å². The first kappa shape index (κ1) is 17.1. The number of hydrogen-bond acceptors (Lipinski definition) is 3. The van der Waals surface area contributed by atoms with Crippen molar-refractivity contribution in [1.29, 1.82) is 0 Å². The van der Waals surface area contributed by atoms with Crippen molar-refractivity contribution in [3.8, 4) is 0 Å². The van der Waals surface area contributed by atoms with Gasteiger partial charge < -0.3 is 14.8 Å². The smallest absolute Gasteiger partial charge is 0.408 e. The van der Waals surface area contributed by atoms with Gasteiger partial charge in [-0.2, -0.15) is 0 Å². The molecule has 0 aliphatic carbocycles. The van der Waals surface area contributed by atoms with Crippen LogP contribution < -0.4 is 5.32 Å². The van der Waals surface area contributed by atoms with Gasteiger partial charge in [-0.3, -0.25) is 0 Å². The third-order valence-electron chi connectivity index (χ3n) is 1.29. The Balaban J connectivity index is 0. The van der Waals surface area contributed by atoms with Crippen molar-refractivity contribution >= 4 is 12.4 Å². The van der Waals surface area contributed by atoms with Crippen molar-refractivity contribution in [1.82, 2.24) is 5.32 Å². The summed E-state index contributed by atoms with van der Waals surface area (Å²) in [7, 11) is 0. The van der Waals surface area contributed by atoms with Gasteiger partial charge in [-0.25, -0.2) is 4.79 Å². The number of ether oxygens (including phenoxy) is 1. The van der Waals surface area contributed by atoms with Gasteiger partial charge in [-0.05, 0) is 27.2 Å². The molecule has 0 rings (SSSR count). The fourth-order valence-corrected chi connectivity index (χ4v) is 0.787. The molecule has 0 aromatic heterocycles. The quantitative estimate of drug-likeness (QED) is 0.595. The normalized spacial score (nSPS) is 11.6. The molecule has 0 aromatic carbocycles. The molecule has 4 heteroatoms. The Hall–Kier alpha value is -1.32. The molecule has 0 spiro atoms. The average Bonchev–Trinajstić information content (AvgIpc) is 2.17. The van der Waals surface area contributed by atoms with Crippen LogP contribution in [0.1, 0.15) is 41.0 Å². The predicted octanol–water partition coefficient (Wildman–Crippen LogP) is 2.68. The highest BCUT2D eigenvalue weighted by Gasteiger charge is 2.18. The summed E-state index contributed by atoms with van der Waals surface area (Å²) in [6.07, 6.45) is 2.04. The van der Waals surface area contributed by atoms with E-state index in [0.29, 0.717) is 12.7 Å². The summed E-state index contributed by atoms with van der Waals surface area (Å²) < 4.78 is 4.97. The highest BCUT2D eigenvalue weighted by Crippen LogP contribution is 2.06. The SMILES string of the molecule is C=CCC(C=O)NC(=O)OC(C)(C)C.CC. The summed E-state index contributed by atoms with van der Waals surface area (Å²) in [4.78, 5) is 21.7. The van der Waals surface area contributed by atoms with Crippen LogP contribution in [0.3, 0.4) is 0 Å². The lowest BCUT2D eigenvalue weighted by atomic mass is 10.2. The molecule has 1 unspecified atom stereocenters. The maximum atomic E-state index is 11.2. The number of aldehydes is 1. The summed E-state index contributed by atoms with van der Waals surface area (Å²) in [6.45, 7) is 12.8. The maximum Gasteiger partial charge on any atom is 0.408 e. The van der Waals surface area contributed by atoms with Crippen molar-refractivity contribution in [3.63, 3.8) is 0 Å². The van der Waals surface area contributed by atoms with E-state index in [0.717, 1.165) is 0 Å². The lowest BCUT2D eigenvalue weighted by molar-refractivity contribution is -0.109. The van der Waals surface area contributed by atoms with E-state index in [4.69, 9.17) is 4.74 Å². The zero-order valence-corrected chi connectivity index (χ0v) is 10.9. The first-order valence-electron chi connectivity index (χ1n) is 5.44. The van der Waals surface area contributed by atoms with E-state index in [1.54, 1.807) is 26.8 Å². The van der Waals surface area contributed by atoms with Crippen LogP contribution in [0.25, 0.3) is 0 Å². The number of amides is 1. The molecule has 0 heterocycles. The van der Waals surface area contributed by atoms with Crippen LogP contribution in [0.15, 0.2) is 12.7 Å². The minimum atomic E-state index is -0.587. The lowest BCUT2D eigenvalue weighted by Gasteiger charge is -2.21. The first-order valence-corrected chi connectivity index (χ1v) is 5.44. The lowest BCUT2D eigenvalue weighted by Crippen LogP contribution is -2.39.